The minimum absolute atomic E-state index is 0.316. The highest BCUT2D eigenvalue weighted by molar-refractivity contribution is 7.89. The molecule has 0 fully saturated rings. The highest BCUT2D eigenvalue weighted by Gasteiger charge is 2.23. The largest absolute Gasteiger partial charge is 0.277 e. The molecule has 0 unspecified atom stereocenters. The summed E-state index contributed by atoms with van der Waals surface area (Å²) < 4.78 is 26.5. The summed E-state index contributed by atoms with van der Waals surface area (Å²) in [5, 5.41) is 4.17. The van der Waals surface area contributed by atoms with Crippen molar-refractivity contribution in [3.05, 3.63) is 49.2 Å². The third kappa shape index (κ3) is 3.91. The number of halogens is 1. The van der Waals surface area contributed by atoms with Crippen LogP contribution in [0, 0.1) is 34.6 Å². The number of benzene rings is 1. The highest BCUT2D eigenvalue weighted by atomic mass is 35.5. The zero-order valence-corrected chi connectivity index (χ0v) is 17.7. The molecule has 1 aromatic carbocycles. The predicted molar refractivity (Wildman–Crippen MR) is 107 cm³/mol. The van der Waals surface area contributed by atoms with Gasteiger partial charge in [0.2, 0.25) is 0 Å². The zero-order valence-electron chi connectivity index (χ0n) is 15.3. The van der Waals surface area contributed by atoms with Crippen LogP contribution in [0.1, 0.15) is 46.0 Å². The molecule has 0 aliphatic heterocycles. The minimum Gasteiger partial charge on any atom is -0.200 e. The van der Waals surface area contributed by atoms with Crippen LogP contribution in [0.4, 0.5) is 0 Å². The maximum Gasteiger partial charge on any atom is 0.277 e. The number of nitrogens with one attached hydrogen (secondary N) is 1. The second-order valence-corrected chi connectivity index (χ2v) is 9.38. The topological polar surface area (TPSA) is 58.5 Å². The molecule has 1 N–H and O–H groups in total. The van der Waals surface area contributed by atoms with E-state index in [1.807, 2.05) is 47.6 Å². The van der Waals surface area contributed by atoms with Crippen LogP contribution in [0.25, 0.3) is 0 Å². The molecule has 25 heavy (non-hydrogen) atoms. The van der Waals surface area contributed by atoms with Gasteiger partial charge in [0.15, 0.2) is 0 Å². The van der Waals surface area contributed by atoms with Crippen LogP contribution in [-0.2, 0) is 10.0 Å². The number of hydrazone groups is 1. The van der Waals surface area contributed by atoms with E-state index in [4.69, 9.17) is 11.6 Å². The van der Waals surface area contributed by atoms with Gasteiger partial charge in [-0.25, -0.2) is 0 Å². The van der Waals surface area contributed by atoms with E-state index < -0.39 is 10.0 Å². The molecule has 7 heteroatoms. The molecule has 136 valence electrons. The Morgan fingerprint density at radius 2 is 1.56 bits per heavy atom. The number of hydrogen-bond donors (Lipinski definition) is 1. The summed E-state index contributed by atoms with van der Waals surface area (Å²) in [6.07, 6.45) is 0.600. The lowest BCUT2D eigenvalue weighted by Crippen LogP contribution is -2.23. The molecule has 0 bridgehead atoms. The number of thiophene rings is 1. The fourth-order valence-electron chi connectivity index (χ4n) is 2.81. The molecule has 0 aliphatic carbocycles. The summed E-state index contributed by atoms with van der Waals surface area (Å²) >= 11 is 7.34. The van der Waals surface area contributed by atoms with Crippen LogP contribution in [0.5, 0.6) is 0 Å². The van der Waals surface area contributed by atoms with Crippen molar-refractivity contribution in [2.75, 3.05) is 0 Å². The molecule has 2 aromatic rings. The van der Waals surface area contributed by atoms with Crippen LogP contribution in [0.2, 0.25) is 4.34 Å². The Morgan fingerprint density at radius 1 is 1.04 bits per heavy atom. The van der Waals surface area contributed by atoms with E-state index in [1.165, 1.54) is 11.3 Å². The number of hydrogen-bond acceptors (Lipinski definition) is 4. The van der Waals surface area contributed by atoms with Crippen molar-refractivity contribution in [3.8, 4) is 0 Å². The first-order valence-electron chi connectivity index (χ1n) is 8.01. The van der Waals surface area contributed by atoms with E-state index in [0.29, 0.717) is 21.4 Å². The van der Waals surface area contributed by atoms with Crippen LogP contribution < -0.4 is 4.83 Å². The summed E-state index contributed by atoms with van der Waals surface area (Å²) in [5.74, 6) is 0. The van der Waals surface area contributed by atoms with Crippen molar-refractivity contribution in [2.24, 2.45) is 5.10 Å². The molecule has 2 rings (SSSR count). The van der Waals surface area contributed by atoms with Gasteiger partial charge in [-0.3, -0.25) is 0 Å². The Kier molecular flexibility index (Phi) is 5.97. The summed E-state index contributed by atoms with van der Waals surface area (Å²) in [7, 11) is -3.76. The van der Waals surface area contributed by atoms with Gasteiger partial charge >= 0.3 is 0 Å². The number of nitrogens with zero attached hydrogens (tertiary/aromatic N) is 1. The van der Waals surface area contributed by atoms with Gasteiger partial charge in [-0.15, -0.1) is 11.3 Å². The zero-order chi connectivity index (χ0) is 18.9. The first-order valence-corrected chi connectivity index (χ1v) is 10.7. The molecule has 1 heterocycles. The van der Waals surface area contributed by atoms with Gasteiger partial charge in [0.1, 0.15) is 0 Å². The fourth-order valence-corrected chi connectivity index (χ4v) is 5.34. The second kappa shape index (κ2) is 7.48. The van der Waals surface area contributed by atoms with E-state index in [2.05, 4.69) is 9.93 Å². The third-order valence-electron chi connectivity index (χ3n) is 4.69. The first-order chi connectivity index (χ1) is 11.6. The van der Waals surface area contributed by atoms with E-state index in [0.717, 1.165) is 32.7 Å². The van der Waals surface area contributed by atoms with Crippen LogP contribution in [0.15, 0.2) is 22.1 Å². The number of sulfonamides is 1. The van der Waals surface area contributed by atoms with E-state index >= 15 is 0 Å². The molecule has 0 atom stereocenters. The minimum atomic E-state index is -3.76. The van der Waals surface area contributed by atoms with Gasteiger partial charge in [-0.05, 0) is 81.0 Å². The highest BCUT2D eigenvalue weighted by Crippen LogP contribution is 2.29. The van der Waals surface area contributed by atoms with Gasteiger partial charge in [0.05, 0.1) is 19.8 Å². The molecule has 0 saturated carbocycles. The lowest BCUT2D eigenvalue weighted by atomic mass is 9.95. The lowest BCUT2D eigenvalue weighted by Gasteiger charge is -2.18. The molecule has 0 spiro atoms. The van der Waals surface area contributed by atoms with Crippen molar-refractivity contribution in [1.29, 1.82) is 0 Å². The molecule has 4 nitrogen and oxygen atoms in total. The quantitative estimate of drug-likeness (QED) is 0.566. The summed E-state index contributed by atoms with van der Waals surface area (Å²) in [6, 6.07) is 3.63. The Bertz CT molecular complexity index is 915. The SMILES string of the molecule is CCC(=NNS(=O)(=O)c1c(C)c(C)c(C)c(C)c1C)c1ccc(Cl)s1. The maximum atomic E-state index is 12.9. The van der Waals surface area contributed by atoms with Gasteiger partial charge < -0.3 is 0 Å². The third-order valence-corrected chi connectivity index (χ3v) is 7.45. The van der Waals surface area contributed by atoms with E-state index in [-0.39, 0.29) is 0 Å². The van der Waals surface area contributed by atoms with Crippen molar-refractivity contribution in [2.45, 2.75) is 52.9 Å². The van der Waals surface area contributed by atoms with Crippen molar-refractivity contribution in [3.63, 3.8) is 0 Å². The summed E-state index contributed by atoms with van der Waals surface area (Å²) in [6.45, 7) is 11.5. The lowest BCUT2D eigenvalue weighted by molar-refractivity contribution is 0.582. The van der Waals surface area contributed by atoms with Gasteiger partial charge in [0.25, 0.3) is 10.0 Å². The van der Waals surface area contributed by atoms with Crippen molar-refractivity contribution < 1.29 is 8.42 Å². The average Bonchev–Trinajstić information content (AvgIpc) is 2.98. The van der Waals surface area contributed by atoms with Crippen molar-refractivity contribution in [1.82, 2.24) is 4.83 Å². The monoisotopic (exact) mass is 398 g/mol. The average molecular weight is 399 g/mol. The normalized spacial score (nSPS) is 12.5. The molecular formula is C18H23ClN2O2S2. The molecule has 0 radical (unpaired) electrons. The number of rotatable bonds is 5. The molecule has 0 amide bonds. The second-order valence-electron chi connectivity index (χ2n) is 6.06. The van der Waals surface area contributed by atoms with Gasteiger partial charge in [-0.1, -0.05) is 18.5 Å². The maximum absolute atomic E-state index is 12.9. The Morgan fingerprint density at radius 3 is 2.00 bits per heavy atom. The molecule has 1 aromatic heterocycles. The Balaban J connectivity index is 2.48. The van der Waals surface area contributed by atoms with Crippen molar-refractivity contribution >= 4 is 38.7 Å². The Labute approximate surface area is 159 Å². The molecular weight excluding hydrogens is 376 g/mol. The molecule has 0 saturated heterocycles. The fraction of sp³-hybridized carbons (Fsp3) is 0.389. The van der Waals surface area contributed by atoms with Crippen LogP contribution in [0.3, 0.4) is 0 Å². The summed E-state index contributed by atoms with van der Waals surface area (Å²) in [4.78, 5) is 3.59. The summed E-state index contributed by atoms with van der Waals surface area (Å²) in [5.41, 5.74) is 5.30. The smallest absolute Gasteiger partial charge is 0.200 e. The van der Waals surface area contributed by atoms with Crippen LogP contribution in [-0.4, -0.2) is 14.1 Å². The standard InChI is InChI=1S/C18H23ClN2O2S2/c1-7-15(16-8-9-17(19)24-16)20-21-25(22,23)18-13(5)11(3)10(2)12(4)14(18)6/h8-9,21H,7H2,1-6H3. The van der Waals surface area contributed by atoms with Gasteiger partial charge in [0, 0.05) is 0 Å². The Hall–Kier alpha value is -1.37. The van der Waals surface area contributed by atoms with Gasteiger partial charge in [-0.2, -0.15) is 18.4 Å². The molecule has 0 aliphatic rings. The van der Waals surface area contributed by atoms with E-state index in [1.54, 1.807) is 6.07 Å². The van der Waals surface area contributed by atoms with E-state index in [9.17, 15) is 8.42 Å². The first kappa shape index (κ1) is 19.9. The van der Waals surface area contributed by atoms with Crippen LogP contribution >= 0.6 is 22.9 Å². The predicted octanol–water partition coefficient (Wildman–Crippen LogP) is 5.04.